The van der Waals surface area contributed by atoms with Gasteiger partial charge < -0.3 is 20.5 Å². The number of amides is 1. The lowest BCUT2D eigenvalue weighted by atomic mass is 9.73. The second kappa shape index (κ2) is 8.10. The van der Waals surface area contributed by atoms with Gasteiger partial charge in [0, 0.05) is 28.7 Å². The van der Waals surface area contributed by atoms with E-state index < -0.39 is 6.09 Å². The van der Waals surface area contributed by atoms with Crippen LogP contribution in [0, 0.1) is 0 Å². The summed E-state index contributed by atoms with van der Waals surface area (Å²) in [6, 6.07) is 16.0. The van der Waals surface area contributed by atoms with Crippen LogP contribution in [0.15, 0.2) is 53.0 Å². The number of nitrogens with two attached hydrogens (primary N) is 1. The minimum Gasteiger partial charge on any atom is -0.465 e. The minimum absolute atomic E-state index is 0.162. The van der Waals surface area contributed by atoms with Gasteiger partial charge in [0.2, 0.25) is 0 Å². The van der Waals surface area contributed by atoms with Gasteiger partial charge in [0.1, 0.15) is 0 Å². The summed E-state index contributed by atoms with van der Waals surface area (Å²) in [6.07, 6.45) is 0.658. The second-order valence-corrected chi connectivity index (χ2v) is 7.72. The van der Waals surface area contributed by atoms with E-state index in [1.54, 1.807) is 0 Å². The van der Waals surface area contributed by atoms with E-state index in [-0.39, 0.29) is 5.41 Å². The maximum Gasteiger partial charge on any atom is 0.407 e. The van der Waals surface area contributed by atoms with Gasteiger partial charge in [-0.15, -0.1) is 0 Å². The maximum absolute atomic E-state index is 11.2. The molecule has 0 unspecified atom stereocenters. The SMILES string of the molecule is Nc1cc(Br)cc(COCC2(c3ccccc3)CCN(C(=O)O)CC2)c1. The van der Waals surface area contributed by atoms with Crippen LogP contribution in [-0.4, -0.2) is 35.8 Å². The zero-order valence-electron chi connectivity index (χ0n) is 14.5. The van der Waals surface area contributed by atoms with E-state index in [1.165, 1.54) is 10.5 Å². The molecule has 0 atom stereocenters. The quantitative estimate of drug-likeness (QED) is 0.711. The van der Waals surface area contributed by atoms with Crippen molar-refractivity contribution in [2.24, 2.45) is 0 Å². The van der Waals surface area contributed by atoms with Crippen LogP contribution in [0.25, 0.3) is 0 Å². The van der Waals surface area contributed by atoms with E-state index >= 15 is 0 Å². The zero-order valence-corrected chi connectivity index (χ0v) is 16.1. The first-order valence-corrected chi connectivity index (χ1v) is 9.44. The number of hydrogen-bond donors (Lipinski definition) is 2. The monoisotopic (exact) mass is 418 g/mol. The number of halogens is 1. The van der Waals surface area contributed by atoms with Crippen LogP contribution in [0.2, 0.25) is 0 Å². The normalized spacial score (nSPS) is 16.4. The highest BCUT2D eigenvalue weighted by Crippen LogP contribution is 2.36. The summed E-state index contributed by atoms with van der Waals surface area (Å²) < 4.78 is 7.01. The van der Waals surface area contributed by atoms with Crippen molar-refractivity contribution in [1.82, 2.24) is 4.90 Å². The van der Waals surface area contributed by atoms with E-state index in [4.69, 9.17) is 10.5 Å². The van der Waals surface area contributed by atoms with Crippen LogP contribution >= 0.6 is 15.9 Å². The molecular formula is C20H23BrN2O3. The molecule has 1 amide bonds. The fourth-order valence-electron chi connectivity index (χ4n) is 3.56. The van der Waals surface area contributed by atoms with E-state index in [0.29, 0.717) is 32.0 Å². The average molecular weight is 419 g/mol. The lowest BCUT2D eigenvalue weighted by Gasteiger charge is -2.41. The summed E-state index contributed by atoms with van der Waals surface area (Å²) in [5, 5.41) is 9.23. The Morgan fingerprint density at radius 3 is 2.50 bits per heavy atom. The number of anilines is 1. The maximum atomic E-state index is 11.2. The minimum atomic E-state index is -0.850. The molecule has 0 bridgehead atoms. The highest BCUT2D eigenvalue weighted by molar-refractivity contribution is 9.10. The van der Waals surface area contributed by atoms with Crippen LogP contribution in [0.4, 0.5) is 10.5 Å². The van der Waals surface area contributed by atoms with Gasteiger partial charge in [-0.3, -0.25) is 0 Å². The third-order valence-electron chi connectivity index (χ3n) is 5.00. The summed E-state index contributed by atoms with van der Waals surface area (Å²) in [4.78, 5) is 12.7. The van der Waals surface area contributed by atoms with Crippen molar-refractivity contribution in [3.63, 3.8) is 0 Å². The second-order valence-electron chi connectivity index (χ2n) is 6.80. The first-order valence-electron chi connectivity index (χ1n) is 8.65. The smallest absolute Gasteiger partial charge is 0.407 e. The molecular weight excluding hydrogens is 396 g/mol. The molecule has 2 aromatic carbocycles. The van der Waals surface area contributed by atoms with Gasteiger partial charge in [0.05, 0.1) is 13.2 Å². The first-order chi connectivity index (χ1) is 12.5. The largest absolute Gasteiger partial charge is 0.465 e. The summed E-state index contributed by atoms with van der Waals surface area (Å²) in [5.41, 5.74) is 8.65. The van der Waals surface area contributed by atoms with Gasteiger partial charge in [-0.1, -0.05) is 46.3 Å². The Morgan fingerprint density at radius 1 is 1.19 bits per heavy atom. The average Bonchev–Trinajstić information content (AvgIpc) is 2.62. The van der Waals surface area contributed by atoms with Gasteiger partial charge in [0.25, 0.3) is 0 Å². The molecule has 1 fully saturated rings. The van der Waals surface area contributed by atoms with Crippen LogP contribution in [0.3, 0.4) is 0 Å². The molecule has 1 saturated heterocycles. The van der Waals surface area contributed by atoms with Crippen LogP contribution in [0.1, 0.15) is 24.0 Å². The van der Waals surface area contributed by atoms with Crippen LogP contribution < -0.4 is 5.73 Å². The Hall–Kier alpha value is -2.05. The van der Waals surface area contributed by atoms with E-state index in [2.05, 4.69) is 28.1 Å². The van der Waals surface area contributed by atoms with Crippen molar-refractivity contribution < 1.29 is 14.6 Å². The summed E-state index contributed by atoms with van der Waals surface area (Å²) >= 11 is 3.45. The van der Waals surface area contributed by atoms with E-state index in [0.717, 1.165) is 22.9 Å². The van der Waals surface area contributed by atoms with Gasteiger partial charge in [-0.2, -0.15) is 0 Å². The Bertz CT molecular complexity index is 739. The van der Waals surface area contributed by atoms with Crippen LogP contribution in [0.5, 0.6) is 0 Å². The molecule has 1 aliphatic heterocycles. The molecule has 1 heterocycles. The highest BCUT2D eigenvalue weighted by Gasteiger charge is 2.37. The molecule has 6 heteroatoms. The van der Waals surface area contributed by atoms with Gasteiger partial charge in [-0.05, 0) is 42.2 Å². The van der Waals surface area contributed by atoms with E-state index in [9.17, 15) is 9.90 Å². The number of ether oxygens (including phenoxy) is 1. The molecule has 138 valence electrons. The predicted octanol–water partition coefficient (Wildman–Crippen LogP) is 4.26. The Kier molecular flexibility index (Phi) is 5.84. The molecule has 0 aromatic heterocycles. The van der Waals surface area contributed by atoms with Gasteiger partial charge >= 0.3 is 6.09 Å². The predicted molar refractivity (Wildman–Crippen MR) is 105 cm³/mol. The number of nitrogens with zero attached hydrogens (tertiary/aromatic N) is 1. The number of carbonyl (C=O) groups is 1. The number of nitrogen functional groups attached to an aromatic ring is 1. The molecule has 0 radical (unpaired) electrons. The Balaban J connectivity index is 1.72. The van der Waals surface area contributed by atoms with Crippen molar-refractivity contribution in [3.05, 3.63) is 64.1 Å². The standard InChI is InChI=1S/C20H23BrN2O3/c21-17-10-15(11-18(22)12-17)13-26-14-20(16-4-2-1-3-5-16)6-8-23(9-7-20)19(24)25/h1-5,10-12H,6-9,13-14,22H2,(H,24,25). The van der Waals surface area contributed by atoms with Crippen molar-refractivity contribution >= 4 is 27.7 Å². The zero-order chi connectivity index (χ0) is 18.6. The van der Waals surface area contributed by atoms with E-state index in [1.807, 2.05) is 36.4 Å². The Morgan fingerprint density at radius 2 is 1.88 bits per heavy atom. The number of carboxylic acid groups (broad SMARTS) is 1. The number of rotatable bonds is 5. The van der Waals surface area contributed by atoms with Crippen molar-refractivity contribution in [2.75, 3.05) is 25.4 Å². The molecule has 3 rings (SSSR count). The van der Waals surface area contributed by atoms with Crippen LogP contribution in [-0.2, 0) is 16.8 Å². The molecule has 0 saturated carbocycles. The number of benzene rings is 2. The molecule has 26 heavy (non-hydrogen) atoms. The topological polar surface area (TPSA) is 75.8 Å². The lowest BCUT2D eigenvalue weighted by Crippen LogP contribution is -2.46. The third-order valence-corrected chi connectivity index (χ3v) is 5.46. The fraction of sp³-hybridized carbons (Fsp3) is 0.350. The number of hydrogen-bond acceptors (Lipinski definition) is 3. The number of likely N-dealkylation sites (tertiary alicyclic amines) is 1. The van der Waals surface area contributed by atoms with Crippen molar-refractivity contribution in [2.45, 2.75) is 24.9 Å². The molecule has 1 aliphatic rings. The molecule has 2 aromatic rings. The lowest BCUT2D eigenvalue weighted by molar-refractivity contribution is 0.0369. The molecule has 0 aliphatic carbocycles. The molecule has 3 N–H and O–H groups in total. The van der Waals surface area contributed by atoms with Gasteiger partial charge in [0.15, 0.2) is 0 Å². The Labute approximate surface area is 161 Å². The number of piperidine rings is 1. The fourth-order valence-corrected chi connectivity index (χ4v) is 4.12. The van der Waals surface area contributed by atoms with Crippen molar-refractivity contribution in [3.8, 4) is 0 Å². The first kappa shape index (κ1) is 18.7. The molecule has 5 nitrogen and oxygen atoms in total. The summed E-state index contributed by atoms with van der Waals surface area (Å²) in [7, 11) is 0. The highest BCUT2D eigenvalue weighted by atomic mass is 79.9. The van der Waals surface area contributed by atoms with Crippen molar-refractivity contribution in [1.29, 1.82) is 0 Å². The summed E-state index contributed by atoms with van der Waals surface area (Å²) in [6.45, 7) is 2.08. The van der Waals surface area contributed by atoms with Gasteiger partial charge in [-0.25, -0.2) is 4.79 Å². The molecule has 0 spiro atoms. The summed E-state index contributed by atoms with van der Waals surface area (Å²) in [5.74, 6) is 0. The third kappa shape index (κ3) is 4.37.